The Balaban J connectivity index is 1.84. The average molecular weight is 330 g/mol. The number of aliphatic hydroxyl groups is 1. The number of phenolic OH excluding ortho intramolecular Hbond substituents is 1. The molecule has 0 fully saturated rings. The summed E-state index contributed by atoms with van der Waals surface area (Å²) in [5.74, 6) is 1.01. The van der Waals surface area contributed by atoms with E-state index in [1.54, 1.807) is 6.07 Å². The van der Waals surface area contributed by atoms with Crippen molar-refractivity contribution in [2.24, 2.45) is 0 Å². The first-order valence-electron chi connectivity index (χ1n) is 8.02. The van der Waals surface area contributed by atoms with Crippen LogP contribution in [0.25, 0.3) is 0 Å². The lowest BCUT2D eigenvalue weighted by Crippen LogP contribution is -2.30. The Morgan fingerprint density at radius 1 is 1.12 bits per heavy atom. The van der Waals surface area contributed by atoms with Crippen LogP contribution in [0.1, 0.15) is 11.1 Å². The monoisotopic (exact) mass is 330 g/mol. The number of rotatable bonds is 8. The van der Waals surface area contributed by atoms with Crippen LogP contribution in [0.4, 0.5) is 5.69 Å². The molecule has 2 rings (SSSR count). The molecular weight excluding hydrogens is 304 g/mol. The number of likely N-dealkylation sites (N-methyl/N-ethyl adjacent to an activating group) is 1. The van der Waals surface area contributed by atoms with Crippen molar-refractivity contribution in [3.8, 4) is 11.5 Å². The number of nitrogens with zero attached hydrogens (tertiary/aromatic N) is 1. The van der Waals surface area contributed by atoms with E-state index in [-0.39, 0.29) is 6.61 Å². The number of anilines is 1. The molecule has 0 heterocycles. The van der Waals surface area contributed by atoms with Gasteiger partial charge in [0, 0.05) is 24.3 Å². The number of nitrogens with one attached hydrogen (secondary N) is 1. The number of aryl methyl sites for hydroxylation is 1. The molecular formula is C19H26N2O3. The van der Waals surface area contributed by atoms with Crippen LogP contribution in [-0.4, -0.2) is 48.5 Å². The smallest absolute Gasteiger partial charge is 0.120 e. The van der Waals surface area contributed by atoms with Gasteiger partial charge in [-0.3, -0.25) is 0 Å². The molecule has 0 radical (unpaired) electrons. The van der Waals surface area contributed by atoms with E-state index in [2.05, 4.69) is 5.32 Å². The van der Waals surface area contributed by atoms with E-state index in [1.807, 2.05) is 62.3 Å². The predicted molar refractivity (Wildman–Crippen MR) is 96.7 cm³/mol. The summed E-state index contributed by atoms with van der Waals surface area (Å²) in [6.45, 7) is 3.39. The van der Waals surface area contributed by atoms with Crippen LogP contribution in [0.2, 0.25) is 0 Å². The maximum atomic E-state index is 9.85. The summed E-state index contributed by atoms with van der Waals surface area (Å²) in [6.07, 6.45) is -0.512. The summed E-state index contributed by atoms with van der Waals surface area (Å²) in [4.78, 5) is 1.92. The van der Waals surface area contributed by atoms with Crippen molar-refractivity contribution in [2.45, 2.75) is 19.6 Å². The minimum atomic E-state index is -0.512. The molecule has 3 N–H and O–H groups in total. The zero-order valence-corrected chi connectivity index (χ0v) is 14.5. The third-order valence-electron chi connectivity index (χ3n) is 3.59. The Morgan fingerprint density at radius 2 is 1.83 bits per heavy atom. The van der Waals surface area contributed by atoms with Crippen LogP contribution >= 0.6 is 0 Å². The molecule has 0 bridgehead atoms. The Hall–Kier alpha value is -2.24. The third kappa shape index (κ3) is 5.76. The highest BCUT2D eigenvalue weighted by molar-refractivity contribution is 5.48. The molecule has 130 valence electrons. The van der Waals surface area contributed by atoms with Gasteiger partial charge in [0.1, 0.15) is 24.2 Å². The lowest BCUT2D eigenvalue weighted by molar-refractivity contribution is 0.0831. The van der Waals surface area contributed by atoms with Crippen molar-refractivity contribution in [3.63, 3.8) is 0 Å². The van der Waals surface area contributed by atoms with E-state index in [9.17, 15) is 10.2 Å². The summed E-state index contributed by atoms with van der Waals surface area (Å²) < 4.78 is 5.58. The van der Waals surface area contributed by atoms with E-state index in [0.717, 1.165) is 22.6 Å². The fourth-order valence-corrected chi connectivity index (χ4v) is 2.39. The van der Waals surface area contributed by atoms with Gasteiger partial charge >= 0.3 is 0 Å². The van der Waals surface area contributed by atoms with Crippen LogP contribution in [0.5, 0.6) is 11.5 Å². The minimum absolute atomic E-state index is 0.266. The molecule has 5 nitrogen and oxygen atoms in total. The van der Waals surface area contributed by atoms with Gasteiger partial charge in [-0.1, -0.05) is 17.7 Å². The highest BCUT2D eigenvalue weighted by Gasteiger charge is 2.06. The van der Waals surface area contributed by atoms with Gasteiger partial charge in [0.25, 0.3) is 0 Å². The average Bonchev–Trinajstić information content (AvgIpc) is 2.54. The van der Waals surface area contributed by atoms with Crippen LogP contribution in [0.3, 0.4) is 0 Å². The molecule has 24 heavy (non-hydrogen) atoms. The van der Waals surface area contributed by atoms with Crippen molar-refractivity contribution >= 4 is 5.69 Å². The molecule has 0 aliphatic rings. The molecule has 1 unspecified atom stereocenters. The van der Waals surface area contributed by atoms with Gasteiger partial charge in [0.2, 0.25) is 0 Å². The molecule has 0 aromatic heterocycles. The fourth-order valence-electron chi connectivity index (χ4n) is 2.39. The summed E-state index contributed by atoms with van der Waals surface area (Å²) in [5, 5.41) is 22.9. The highest BCUT2D eigenvalue weighted by Crippen LogP contribution is 2.21. The van der Waals surface area contributed by atoms with E-state index < -0.39 is 6.10 Å². The van der Waals surface area contributed by atoms with Gasteiger partial charge in [-0.2, -0.15) is 0 Å². The SMILES string of the molecule is Cc1ccc(O)c(CNc2ccc(OCC(O)CN(C)C)cc2)c1. The second-order valence-electron chi connectivity index (χ2n) is 6.24. The number of hydrogen-bond acceptors (Lipinski definition) is 5. The largest absolute Gasteiger partial charge is 0.508 e. The molecule has 2 aromatic carbocycles. The molecule has 0 saturated heterocycles. The molecule has 2 aromatic rings. The number of benzene rings is 2. The second-order valence-corrected chi connectivity index (χ2v) is 6.24. The van der Waals surface area contributed by atoms with Crippen LogP contribution in [0.15, 0.2) is 42.5 Å². The molecule has 0 spiro atoms. The summed E-state index contributed by atoms with van der Waals surface area (Å²) in [7, 11) is 3.82. The zero-order chi connectivity index (χ0) is 17.5. The van der Waals surface area contributed by atoms with E-state index in [4.69, 9.17) is 4.74 Å². The Morgan fingerprint density at radius 3 is 2.50 bits per heavy atom. The van der Waals surface area contributed by atoms with Crippen molar-refractivity contribution in [3.05, 3.63) is 53.6 Å². The summed E-state index contributed by atoms with van der Waals surface area (Å²) >= 11 is 0. The van der Waals surface area contributed by atoms with Crippen LogP contribution < -0.4 is 10.1 Å². The van der Waals surface area contributed by atoms with Gasteiger partial charge in [0.05, 0.1) is 0 Å². The lowest BCUT2D eigenvalue weighted by Gasteiger charge is -2.16. The number of hydrogen-bond donors (Lipinski definition) is 3. The predicted octanol–water partition coefficient (Wildman–Crippen LogP) is 2.61. The summed E-state index contributed by atoms with van der Waals surface area (Å²) in [5.41, 5.74) is 2.92. The third-order valence-corrected chi connectivity index (χ3v) is 3.59. The van der Waals surface area contributed by atoms with Crippen molar-refractivity contribution in [1.29, 1.82) is 0 Å². The van der Waals surface area contributed by atoms with Crippen LogP contribution in [0, 0.1) is 6.92 Å². The van der Waals surface area contributed by atoms with Gasteiger partial charge < -0.3 is 25.2 Å². The van der Waals surface area contributed by atoms with Gasteiger partial charge in [-0.05, 0) is 51.4 Å². The molecule has 0 aliphatic carbocycles. The van der Waals surface area contributed by atoms with Crippen molar-refractivity contribution < 1.29 is 14.9 Å². The quantitative estimate of drug-likeness (QED) is 0.694. The molecule has 5 heteroatoms. The topological polar surface area (TPSA) is 65.0 Å². The van der Waals surface area contributed by atoms with Gasteiger partial charge in [0.15, 0.2) is 0 Å². The lowest BCUT2D eigenvalue weighted by atomic mass is 10.1. The van der Waals surface area contributed by atoms with Crippen molar-refractivity contribution in [2.75, 3.05) is 32.6 Å². The first kappa shape index (κ1) is 18.1. The number of aliphatic hydroxyl groups excluding tert-OH is 1. The number of phenols is 1. The number of ether oxygens (including phenoxy) is 1. The Bertz CT molecular complexity index is 642. The minimum Gasteiger partial charge on any atom is -0.508 e. The first-order valence-corrected chi connectivity index (χ1v) is 8.02. The molecule has 0 amide bonds. The fraction of sp³-hybridized carbons (Fsp3) is 0.368. The molecule has 0 saturated carbocycles. The normalized spacial score (nSPS) is 12.2. The van der Waals surface area contributed by atoms with Crippen LogP contribution in [-0.2, 0) is 6.54 Å². The molecule has 0 aliphatic heterocycles. The van der Waals surface area contributed by atoms with E-state index in [1.165, 1.54) is 0 Å². The standard InChI is InChI=1S/C19H26N2O3/c1-14-4-9-19(23)15(10-14)11-20-16-5-7-18(8-6-16)24-13-17(22)12-21(2)3/h4-10,17,20,22-23H,11-13H2,1-3H3. The summed E-state index contributed by atoms with van der Waals surface area (Å²) in [6, 6.07) is 13.1. The van der Waals surface area contributed by atoms with Gasteiger partial charge in [-0.25, -0.2) is 0 Å². The maximum Gasteiger partial charge on any atom is 0.120 e. The first-order chi connectivity index (χ1) is 11.4. The van der Waals surface area contributed by atoms with Crippen molar-refractivity contribution in [1.82, 2.24) is 4.90 Å². The number of aromatic hydroxyl groups is 1. The second kappa shape index (κ2) is 8.57. The zero-order valence-electron chi connectivity index (χ0n) is 14.5. The maximum absolute atomic E-state index is 9.85. The highest BCUT2D eigenvalue weighted by atomic mass is 16.5. The Labute approximate surface area is 143 Å². The Kier molecular flexibility index (Phi) is 6.46. The van der Waals surface area contributed by atoms with E-state index >= 15 is 0 Å². The molecule has 1 atom stereocenters. The van der Waals surface area contributed by atoms with Gasteiger partial charge in [-0.15, -0.1) is 0 Å². The van der Waals surface area contributed by atoms with E-state index in [0.29, 0.717) is 18.8 Å².